The van der Waals surface area contributed by atoms with Crippen LogP contribution in [0.5, 0.6) is 17.2 Å². The molecule has 2 aromatic rings. The Labute approximate surface area is 131 Å². The maximum absolute atomic E-state index is 5.88. The molecule has 2 nitrogen and oxygen atoms in total. The lowest BCUT2D eigenvalue weighted by molar-refractivity contribution is 0.376. The fourth-order valence-electron chi connectivity index (χ4n) is 1.42. The third-order valence-electron chi connectivity index (χ3n) is 2.24. The molecule has 0 radical (unpaired) electrons. The Kier molecular flexibility index (Phi) is 4.70. The molecular formula is C13H9Br3O2. The van der Waals surface area contributed by atoms with Crippen LogP contribution in [0.4, 0.5) is 0 Å². The van der Waals surface area contributed by atoms with Gasteiger partial charge in [0.2, 0.25) is 0 Å². The molecule has 0 aliphatic rings. The van der Waals surface area contributed by atoms with Crippen LogP contribution in [0.25, 0.3) is 0 Å². The summed E-state index contributed by atoms with van der Waals surface area (Å²) in [7, 11) is 1.61. The Morgan fingerprint density at radius 1 is 0.889 bits per heavy atom. The highest BCUT2D eigenvalue weighted by atomic mass is 79.9. The molecule has 0 atom stereocenters. The minimum atomic E-state index is 0.646. The van der Waals surface area contributed by atoms with Gasteiger partial charge in [-0.15, -0.1) is 0 Å². The van der Waals surface area contributed by atoms with Crippen molar-refractivity contribution < 1.29 is 9.47 Å². The van der Waals surface area contributed by atoms with Gasteiger partial charge in [-0.1, -0.05) is 28.1 Å². The largest absolute Gasteiger partial charge is 0.493 e. The van der Waals surface area contributed by atoms with Crippen LogP contribution in [0.15, 0.2) is 49.8 Å². The Balaban J connectivity index is 2.43. The van der Waals surface area contributed by atoms with Gasteiger partial charge < -0.3 is 9.47 Å². The van der Waals surface area contributed by atoms with Crippen molar-refractivity contribution in [1.82, 2.24) is 0 Å². The molecule has 0 aliphatic heterocycles. The molecule has 0 aliphatic carbocycles. The molecule has 0 saturated heterocycles. The number of methoxy groups -OCH3 is 1. The van der Waals surface area contributed by atoms with Crippen molar-refractivity contribution in [1.29, 1.82) is 0 Å². The molecule has 0 spiro atoms. The van der Waals surface area contributed by atoms with E-state index >= 15 is 0 Å². The molecule has 2 rings (SSSR count). The van der Waals surface area contributed by atoms with E-state index in [1.165, 1.54) is 0 Å². The lowest BCUT2D eigenvalue weighted by Gasteiger charge is -2.13. The van der Waals surface area contributed by atoms with Crippen LogP contribution >= 0.6 is 47.8 Å². The smallest absolute Gasteiger partial charge is 0.183 e. The topological polar surface area (TPSA) is 18.5 Å². The van der Waals surface area contributed by atoms with Crippen molar-refractivity contribution in [3.8, 4) is 17.2 Å². The number of ether oxygens (including phenoxy) is 2. The Bertz CT molecular complexity index is 570. The minimum absolute atomic E-state index is 0.646. The highest BCUT2D eigenvalue weighted by molar-refractivity contribution is 9.11. The van der Waals surface area contributed by atoms with Gasteiger partial charge in [0.1, 0.15) is 5.75 Å². The number of benzene rings is 2. The van der Waals surface area contributed by atoms with E-state index in [2.05, 4.69) is 47.8 Å². The summed E-state index contributed by atoms with van der Waals surface area (Å²) in [5.74, 6) is 2.04. The minimum Gasteiger partial charge on any atom is -0.493 e. The Hall–Kier alpha value is -0.520. The second kappa shape index (κ2) is 6.08. The SMILES string of the molecule is COc1cc(Br)cc(Br)c1Oc1ccccc1Br. The van der Waals surface area contributed by atoms with Gasteiger partial charge in [0.25, 0.3) is 0 Å². The van der Waals surface area contributed by atoms with Crippen LogP contribution in [0.3, 0.4) is 0 Å². The average Bonchev–Trinajstić information content (AvgIpc) is 2.34. The lowest BCUT2D eigenvalue weighted by Crippen LogP contribution is -1.92. The van der Waals surface area contributed by atoms with E-state index in [4.69, 9.17) is 9.47 Å². The van der Waals surface area contributed by atoms with Gasteiger partial charge in [0, 0.05) is 4.47 Å². The second-order valence-electron chi connectivity index (χ2n) is 3.45. The predicted molar refractivity (Wildman–Crippen MR) is 82.6 cm³/mol. The van der Waals surface area contributed by atoms with E-state index in [-0.39, 0.29) is 0 Å². The maximum atomic E-state index is 5.88. The zero-order valence-electron chi connectivity index (χ0n) is 9.41. The van der Waals surface area contributed by atoms with Crippen LogP contribution in [-0.2, 0) is 0 Å². The molecule has 0 fully saturated rings. The fourth-order valence-corrected chi connectivity index (χ4v) is 3.06. The van der Waals surface area contributed by atoms with Crippen LogP contribution in [0.1, 0.15) is 0 Å². The predicted octanol–water partition coefficient (Wildman–Crippen LogP) is 5.78. The molecule has 0 unspecified atom stereocenters. The van der Waals surface area contributed by atoms with Crippen molar-refractivity contribution >= 4 is 47.8 Å². The fraction of sp³-hybridized carbons (Fsp3) is 0.0769. The van der Waals surface area contributed by atoms with Crippen LogP contribution < -0.4 is 9.47 Å². The van der Waals surface area contributed by atoms with Gasteiger partial charge in [-0.05, 0) is 56.1 Å². The quantitative estimate of drug-likeness (QED) is 0.607. The molecule has 18 heavy (non-hydrogen) atoms. The summed E-state index contributed by atoms with van der Waals surface area (Å²) in [6, 6.07) is 11.4. The molecule has 0 heterocycles. The molecule has 0 amide bonds. The first-order chi connectivity index (χ1) is 8.61. The maximum Gasteiger partial charge on any atom is 0.183 e. The van der Waals surface area contributed by atoms with Gasteiger partial charge in [0.15, 0.2) is 11.5 Å². The Morgan fingerprint density at radius 2 is 1.61 bits per heavy atom. The van der Waals surface area contributed by atoms with Crippen molar-refractivity contribution in [2.75, 3.05) is 7.11 Å². The van der Waals surface area contributed by atoms with Gasteiger partial charge >= 0.3 is 0 Å². The van der Waals surface area contributed by atoms with Crippen molar-refractivity contribution in [3.05, 3.63) is 49.8 Å². The molecule has 5 heteroatoms. The summed E-state index contributed by atoms with van der Waals surface area (Å²) in [5.41, 5.74) is 0. The van der Waals surface area contributed by atoms with Crippen LogP contribution in [0.2, 0.25) is 0 Å². The molecule has 94 valence electrons. The highest BCUT2D eigenvalue weighted by Gasteiger charge is 2.13. The van der Waals surface area contributed by atoms with Gasteiger partial charge in [-0.3, -0.25) is 0 Å². The lowest BCUT2D eigenvalue weighted by atomic mass is 10.3. The zero-order chi connectivity index (χ0) is 13.1. The average molecular weight is 437 g/mol. The second-order valence-corrected chi connectivity index (χ2v) is 6.08. The standard InChI is InChI=1S/C13H9Br3O2/c1-17-12-7-8(14)6-10(16)13(12)18-11-5-3-2-4-9(11)15/h2-7H,1H3. The number of hydrogen-bond donors (Lipinski definition) is 0. The molecule has 2 aromatic carbocycles. The molecule has 0 bridgehead atoms. The van der Waals surface area contributed by atoms with E-state index < -0.39 is 0 Å². The van der Waals surface area contributed by atoms with Crippen molar-refractivity contribution in [2.45, 2.75) is 0 Å². The summed E-state index contributed by atoms with van der Waals surface area (Å²) < 4.78 is 13.8. The van der Waals surface area contributed by atoms with Crippen molar-refractivity contribution in [2.24, 2.45) is 0 Å². The summed E-state index contributed by atoms with van der Waals surface area (Å²) >= 11 is 10.3. The third kappa shape index (κ3) is 3.08. The Morgan fingerprint density at radius 3 is 2.28 bits per heavy atom. The molecule has 0 aromatic heterocycles. The monoisotopic (exact) mass is 434 g/mol. The van der Waals surface area contributed by atoms with Gasteiger partial charge in [0.05, 0.1) is 16.1 Å². The third-order valence-corrected chi connectivity index (χ3v) is 3.94. The van der Waals surface area contributed by atoms with Gasteiger partial charge in [-0.2, -0.15) is 0 Å². The summed E-state index contributed by atoms with van der Waals surface area (Å²) in [4.78, 5) is 0. The van der Waals surface area contributed by atoms with E-state index in [9.17, 15) is 0 Å². The number of rotatable bonds is 3. The highest BCUT2D eigenvalue weighted by Crippen LogP contribution is 2.42. The normalized spacial score (nSPS) is 10.2. The first-order valence-electron chi connectivity index (χ1n) is 5.07. The first-order valence-corrected chi connectivity index (χ1v) is 7.45. The number of hydrogen-bond acceptors (Lipinski definition) is 2. The van der Waals surface area contributed by atoms with E-state index in [0.717, 1.165) is 19.2 Å². The van der Waals surface area contributed by atoms with Crippen LogP contribution in [-0.4, -0.2) is 7.11 Å². The molecule has 0 N–H and O–H groups in total. The molecular weight excluding hydrogens is 428 g/mol. The summed E-state index contributed by atoms with van der Waals surface area (Å²) in [6.45, 7) is 0. The van der Waals surface area contributed by atoms with Crippen LogP contribution in [0, 0.1) is 0 Å². The number of halogens is 3. The summed E-state index contributed by atoms with van der Waals surface area (Å²) in [6.07, 6.45) is 0. The van der Waals surface area contributed by atoms with E-state index in [1.807, 2.05) is 36.4 Å². The van der Waals surface area contributed by atoms with E-state index in [1.54, 1.807) is 7.11 Å². The van der Waals surface area contributed by atoms with E-state index in [0.29, 0.717) is 11.5 Å². The summed E-state index contributed by atoms with van der Waals surface area (Å²) in [5, 5.41) is 0. The molecule has 0 saturated carbocycles. The van der Waals surface area contributed by atoms with Gasteiger partial charge in [-0.25, -0.2) is 0 Å². The first kappa shape index (κ1) is 13.9. The van der Waals surface area contributed by atoms with Crippen molar-refractivity contribution in [3.63, 3.8) is 0 Å². The number of para-hydroxylation sites is 1. The zero-order valence-corrected chi connectivity index (χ0v) is 14.2.